The molecule has 0 saturated carbocycles. The number of nitrogens with zero attached hydrogens (tertiary/aromatic N) is 1. The third-order valence-corrected chi connectivity index (χ3v) is 2.50. The van der Waals surface area contributed by atoms with E-state index in [4.69, 9.17) is 4.74 Å². The van der Waals surface area contributed by atoms with Gasteiger partial charge in [-0.05, 0) is 19.9 Å². The number of hydrogen-bond acceptors (Lipinski definition) is 3. The van der Waals surface area contributed by atoms with Crippen LogP contribution in [-0.2, 0) is 4.74 Å². The van der Waals surface area contributed by atoms with Crippen molar-refractivity contribution in [3.8, 4) is 0 Å². The molecule has 0 aliphatic carbocycles. The molecule has 1 aliphatic rings. The van der Waals surface area contributed by atoms with Crippen LogP contribution in [0.3, 0.4) is 0 Å². The number of hydrogen-bond donors (Lipinski definition) is 0. The van der Waals surface area contributed by atoms with E-state index in [0.29, 0.717) is 6.07 Å². The zero-order chi connectivity index (χ0) is 13.5. The van der Waals surface area contributed by atoms with E-state index in [9.17, 15) is 18.0 Å². The molecule has 3 nitrogen and oxygen atoms in total. The molecule has 96 valence electrons. The molecule has 0 amide bonds. The van der Waals surface area contributed by atoms with Crippen molar-refractivity contribution in [2.24, 2.45) is 4.99 Å². The van der Waals surface area contributed by atoms with Crippen LogP contribution in [-0.4, -0.2) is 24.3 Å². The summed E-state index contributed by atoms with van der Waals surface area (Å²) < 4.78 is 45.3. The van der Waals surface area contributed by atoms with E-state index in [1.165, 1.54) is 0 Å². The van der Waals surface area contributed by atoms with E-state index >= 15 is 0 Å². The third kappa shape index (κ3) is 1.98. The molecule has 2 rings (SSSR count). The van der Waals surface area contributed by atoms with Crippen molar-refractivity contribution >= 4 is 12.2 Å². The molecular formula is C12H10F3NO2. The molecule has 0 spiro atoms. The van der Waals surface area contributed by atoms with Crippen molar-refractivity contribution in [3.05, 3.63) is 34.6 Å². The number of benzene rings is 1. The maximum atomic E-state index is 13.8. The molecule has 1 aliphatic heterocycles. The molecule has 0 aromatic heterocycles. The van der Waals surface area contributed by atoms with Crippen molar-refractivity contribution in [1.29, 1.82) is 0 Å². The fourth-order valence-electron chi connectivity index (χ4n) is 1.61. The summed E-state index contributed by atoms with van der Waals surface area (Å²) in [5.74, 6) is -4.12. The summed E-state index contributed by atoms with van der Waals surface area (Å²) in [5.41, 5.74) is -1.86. The summed E-state index contributed by atoms with van der Waals surface area (Å²) in [6.45, 7) is 3.70. The highest BCUT2D eigenvalue weighted by atomic mass is 19.2. The van der Waals surface area contributed by atoms with Crippen LogP contribution in [0.4, 0.5) is 13.2 Å². The van der Waals surface area contributed by atoms with Crippen molar-refractivity contribution in [2.75, 3.05) is 6.61 Å². The predicted octanol–water partition coefficient (Wildman–Crippen LogP) is 2.47. The molecule has 1 heterocycles. The lowest BCUT2D eigenvalue weighted by Gasteiger charge is -2.07. The van der Waals surface area contributed by atoms with Gasteiger partial charge in [-0.3, -0.25) is 4.79 Å². The quantitative estimate of drug-likeness (QED) is 0.603. The average molecular weight is 257 g/mol. The smallest absolute Gasteiger partial charge is 0.219 e. The van der Waals surface area contributed by atoms with Gasteiger partial charge in [0.05, 0.1) is 16.7 Å². The molecular weight excluding hydrogens is 247 g/mol. The van der Waals surface area contributed by atoms with Gasteiger partial charge in [-0.25, -0.2) is 18.2 Å². The SMILES string of the molecule is CC1(C)COC(c2cc(F)c(F)c(C=O)c2F)=N1. The first-order valence-corrected chi connectivity index (χ1v) is 5.21. The normalized spacial score (nSPS) is 17.3. The van der Waals surface area contributed by atoms with Gasteiger partial charge in [-0.2, -0.15) is 0 Å². The van der Waals surface area contributed by atoms with E-state index in [2.05, 4.69) is 4.99 Å². The fourth-order valence-corrected chi connectivity index (χ4v) is 1.61. The Hall–Kier alpha value is -1.85. The molecule has 0 N–H and O–H groups in total. The largest absolute Gasteiger partial charge is 0.475 e. The first-order chi connectivity index (χ1) is 8.35. The van der Waals surface area contributed by atoms with E-state index in [-0.39, 0.29) is 24.4 Å². The maximum absolute atomic E-state index is 13.8. The lowest BCUT2D eigenvalue weighted by Crippen LogP contribution is -2.17. The van der Waals surface area contributed by atoms with Gasteiger partial charge >= 0.3 is 0 Å². The minimum atomic E-state index is -1.51. The molecule has 0 radical (unpaired) electrons. The van der Waals surface area contributed by atoms with Crippen molar-refractivity contribution in [2.45, 2.75) is 19.4 Å². The lowest BCUT2D eigenvalue weighted by atomic mass is 10.1. The van der Waals surface area contributed by atoms with Crippen LogP contribution in [0.25, 0.3) is 0 Å². The van der Waals surface area contributed by atoms with E-state index in [1.54, 1.807) is 13.8 Å². The Morgan fingerprint density at radius 2 is 2.00 bits per heavy atom. The van der Waals surface area contributed by atoms with Gasteiger partial charge < -0.3 is 4.74 Å². The summed E-state index contributed by atoms with van der Waals surface area (Å²) in [7, 11) is 0. The van der Waals surface area contributed by atoms with Crippen LogP contribution in [0.1, 0.15) is 29.8 Å². The van der Waals surface area contributed by atoms with Crippen LogP contribution >= 0.6 is 0 Å². The molecule has 0 atom stereocenters. The number of rotatable bonds is 2. The number of aliphatic imine (C=N–C) groups is 1. The number of carbonyl (C=O) groups excluding carboxylic acids is 1. The van der Waals surface area contributed by atoms with Crippen molar-refractivity contribution < 1.29 is 22.7 Å². The minimum Gasteiger partial charge on any atom is -0.475 e. The average Bonchev–Trinajstić information content (AvgIpc) is 2.65. The van der Waals surface area contributed by atoms with Crippen LogP contribution in [0.15, 0.2) is 11.1 Å². The van der Waals surface area contributed by atoms with Crippen LogP contribution in [0.5, 0.6) is 0 Å². The van der Waals surface area contributed by atoms with Crippen LogP contribution in [0, 0.1) is 17.5 Å². The Bertz CT molecular complexity index is 553. The molecule has 6 heteroatoms. The van der Waals surface area contributed by atoms with Crippen LogP contribution in [0.2, 0.25) is 0 Å². The van der Waals surface area contributed by atoms with Gasteiger partial charge in [-0.1, -0.05) is 0 Å². The standard InChI is InChI=1S/C12H10F3NO2/c1-12(2)5-18-11(16-12)6-3-8(13)10(15)7(4-17)9(6)14/h3-4H,5H2,1-2H3. The van der Waals surface area contributed by atoms with Crippen molar-refractivity contribution in [3.63, 3.8) is 0 Å². The molecule has 0 unspecified atom stereocenters. The van der Waals surface area contributed by atoms with Gasteiger partial charge in [-0.15, -0.1) is 0 Å². The van der Waals surface area contributed by atoms with Gasteiger partial charge in [0.1, 0.15) is 12.4 Å². The van der Waals surface area contributed by atoms with E-state index < -0.39 is 28.6 Å². The fraction of sp³-hybridized carbons (Fsp3) is 0.333. The van der Waals surface area contributed by atoms with Gasteiger partial charge in [0.25, 0.3) is 0 Å². The first kappa shape index (κ1) is 12.6. The number of carbonyl (C=O) groups is 1. The Labute approximate surface area is 101 Å². The molecule has 0 bridgehead atoms. The zero-order valence-corrected chi connectivity index (χ0v) is 9.76. The summed E-state index contributed by atoms with van der Waals surface area (Å²) >= 11 is 0. The van der Waals surface area contributed by atoms with Crippen molar-refractivity contribution in [1.82, 2.24) is 0 Å². The third-order valence-electron chi connectivity index (χ3n) is 2.50. The van der Waals surface area contributed by atoms with Gasteiger partial charge in [0.2, 0.25) is 5.90 Å². The summed E-state index contributed by atoms with van der Waals surface area (Å²) in [6, 6.07) is 0.637. The number of ether oxygens (including phenoxy) is 1. The Morgan fingerprint density at radius 3 is 2.50 bits per heavy atom. The predicted molar refractivity (Wildman–Crippen MR) is 58.3 cm³/mol. The summed E-state index contributed by atoms with van der Waals surface area (Å²) in [6.07, 6.45) is -0.0715. The Morgan fingerprint density at radius 1 is 1.33 bits per heavy atom. The molecule has 18 heavy (non-hydrogen) atoms. The lowest BCUT2D eigenvalue weighted by molar-refractivity contribution is 0.111. The van der Waals surface area contributed by atoms with E-state index in [1.807, 2.05) is 0 Å². The second-order valence-corrected chi connectivity index (χ2v) is 4.58. The van der Waals surface area contributed by atoms with Crippen LogP contribution < -0.4 is 0 Å². The topological polar surface area (TPSA) is 38.7 Å². The highest BCUT2D eigenvalue weighted by Crippen LogP contribution is 2.25. The Kier molecular flexibility index (Phi) is 2.88. The zero-order valence-electron chi connectivity index (χ0n) is 9.76. The van der Waals surface area contributed by atoms with Gasteiger partial charge in [0, 0.05) is 0 Å². The highest BCUT2D eigenvalue weighted by molar-refractivity contribution is 5.97. The highest BCUT2D eigenvalue weighted by Gasteiger charge is 2.30. The summed E-state index contributed by atoms with van der Waals surface area (Å²) in [4.78, 5) is 14.6. The monoisotopic (exact) mass is 257 g/mol. The summed E-state index contributed by atoms with van der Waals surface area (Å²) in [5, 5.41) is 0. The minimum absolute atomic E-state index is 0.0715. The second-order valence-electron chi connectivity index (χ2n) is 4.58. The maximum Gasteiger partial charge on any atom is 0.219 e. The first-order valence-electron chi connectivity index (χ1n) is 5.21. The Balaban J connectivity index is 2.60. The molecule has 0 saturated heterocycles. The molecule has 0 fully saturated rings. The number of aldehydes is 1. The molecule has 1 aromatic rings. The second kappa shape index (κ2) is 4.12. The van der Waals surface area contributed by atoms with Gasteiger partial charge in [0.15, 0.2) is 17.9 Å². The van der Waals surface area contributed by atoms with E-state index in [0.717, 1.165) is 0 Å². The number of halogens is 3. The molecule has 1 aromatic carbocycles.